The number of aldehydes is 1. The molecule has 0 aromatic carbocycles. The smallest absolute Gasteiger partial charge is 0.119 e. The SMILES string of the molecule is O=CCCCCN(Cl)Cl. The van der Waals surface area contributed by atoms with Gasteiger partial charge >= 0.3 is 0 Å². The van der Waals surface area contributed by atoms with Crippen molar-refractivity contribution < 1.29 is 4.79 Å². The molecular weight excluding hydrogens is 161 g/mol. The highest BCUT2D eigenvalue weighted by Gasteiger charge is 1.92. The molecule has 0 radical (unpaired) electrons. The van der Waals surface area contributed by atoms with Crippen molar-refractivity contribution in [1.82, 2.24) is 3.94 Å². The fourth-order valence-electron chi connectivity index (χ4n) is 0.459. The van der Waals surface area contributed by atoms with E-state index in [-0.39, 0.29) is 0 Å². The van der Waals surface area contributed by atoms with E-state index in [1.807, 2.05) is 0 Å². The van der Waals surface area contributed by atoms with E-state index in [1.54, 1.807) is 0 Å². The Morgan fingerprint density at radius 1 is 1.33 bits per heavy atom. The highest BCUT2D eigenvalue weighted by atomic mass is 35.5. The molecule has 0 aromatic rings. The van der Waals surface area contributed by atoms with Crippen LogP contribution in [-0.2, 0) is 4.79 Å². The molecule has 54 valence electrons. The van der Waals surface area contributed by atoms with Gasteiger partial charge in [-0.05, 0) is 36.4 Å². The molecule has 0 heterocycles. The fraction of sp³-hybridized carbons (Fsp3) is 0.800. The van der Waals surface area contributed by atoms with Crippen LogP contribution in [0.5, 0.6) is 0 Å². The third kappa shape index (κ3) is 8.21. The summed E-state index contributed by atoms with van der Waals surface area (Å²) in [7, 11) is 0. The summed E-state index contributed by atoms with van der Waals surface area (Å²) in [5.74, 6) is 0. The Balaban J connectivity index is 2.82. The first-order valence-corrected chi connectivity index (χ1v) is 3.47. The minimum atomic E-state index is 0.599. The van der Waals surface area contributed by atoms with Crippen LogP contribution >= 0.6 is 23.6 Å². The maximum atomic E-state index is 9.77. The van der Waals surface area contributed by atoms with Crippen molar-refractivity contribution in [3.8, 4) is 0 Å². The van der Waals surface area contributed by atoms with Gasteiger partial charge in [-0.25, -0.2) is 0 Å². The monoisotopic (exact) mass is 169 g/mol. The van der Waals surface area contributed by atoms with Gasteiger partial charge in [0.2, 0.25) is 0 Å². The summed E-state index contributed by atoms with van der Waals surface area (Å²) in [4.78, 5) is 9.77. The van der Waals surface area contributed by atoms with E-state index >= 15 is 0 Å². The Kier molecular flexibility index (Phi) is 6.48. The van der Waals surface area contributed by atoms with Crippen LogP contribution in [-0.4, -0.2) is 16.8 Å². The van der Waals surface area contributed by atoms with E-state index in [1.165, 1.54) is 0 Å². The van der Waals surface area contributed by atoms with Crippen LogP contribution in [0.15, 0.2) is 0 Å². The predicted molar refractivity (Wildman–Crippen MR) is 38.3 cm³/mol. The van der Waals surface area contributed by atoms with Gasteiger partial charge in [-0.1, -0.05) is 0 Å². The summed E-state index contributed by atoms with van der Waals surface area (Å²) in [5.41, 5.74) is 0. The van der Waals surface area contributed by atoms with Gasteiger partial charge in [0.05, 0.1) is 0 Å². The fourth-order valence-corrected chi connectivity index (χ4v) is 0.698. The first-order valence-electron chi connectivity index (χ1n) is 2.80. The van der Waals surface area contributed by atoms with Gasteiger partial charge < -0.3 is 4.79 Å². The molecule has 4 heteroatoms. The van der Waals surface area contributed by atoms with E-state index in [0.717, 1.165) is 23.1 Å². The molecule has 0 bridgehead atoms. The number of carbonyl (C=O) groups is 1. The van der Waals surface area contributed by atoms with Gasteiger partial charge in [-0.3, -0.25) is 0 Å². The predicted octanol–water partition coefficient (Wildman–Crippen LogP) is 1.97. The van der Waals surface area contributed by atoms with E-state index in [2.05, 4.69) is 0 Å². The Morgan fingerprint density at radius 2 is 2.00 bits per heavy atom. The van der Waals surface area contributed by atoms with Crippen molar-refractivity contribution in [2.75, 3.05) is 6.54 Å². The molecule has 0 aliphatic heterocycles. The van der Waals surface area contributed by atoms with Gasteiger partial charge in [0.25, 0.3) is 0 Å². The van der Waals surface area contributed by atoms with Crippen LogP contribution in [0, 0.1) is 0 Å². The van der Waals surface area contributed by atoms with Crippen molar-refractivity contribution in [1.29, 1.82) is 0 Å². The lowest BCUT2D eigenvalue weighted by Gasteiger charge is -1.99. The maximum absolute atomic E-state index is 9.77. The van der Waals surface area contributed by atoms with Crippen molar-refractivity contribution in [2.24, 2.45) is 0 Å². The van der Waals surface area contributed by atoms with Crippen LogP contribution in [0.4, 0.5) is 0 Å². The number of halogens is 2. The van der Waals surface area contributed by atoms with Gasteiger partial charge in [0.15, 0.2) is 0 Å². The summed E-state index contributed by atoms with van der Waals surface area (Å²) in [6, 6.07) is 0. The number of carbonyl (C=O) groups excluding carboxylic acids is 1. The average molecular weight is 170 g/mol. The second kappa shape index (κ2) is 6.33. The number of nitrogens with zero attached hydrogens (tertiary/aromatic N) is 1. The molecule has 0 amide bonds. The molecule has 0 aliphatic carbocycles. The normalized spacial score (nSPS) is 10.1. The van der Waals surface area contributed by atoms with Crippen molar-refractivity contribution in [3.05, 3.63) is 0 Å². The molecule has 0 N–H and O–H groups in total. The Morgan fingerprint density at radius 3 is 2.44 bits per heavy atom. The molecule has 0 unspecified atom stereocenters. The molecule has 0 atom stereocenters. The minimum Gasteiger partial charge on any atom is -0.303 e. The number of hydrogen-bond acceptors (Lipinski definition) is 2. The first-order chi connectivity index (χ1) is 4.27. The lowest BCUT2D eigenvalue weighted by Crippen LogP contribution is -1.99. The van der Waals surface area contributed by atoms with Gasteiger partial charge in [-0.2, -0.15) is 0 Å². The molecule has 0 saturated heterocycles. The lowest BCUT2D eigenvalue weighted by molar-refractivity contribution is -0.107. The van der Waals surface area contributed by atoms with Crippen LogP contribution in [0.2, 0.25) is 0 Å². The quantitative estimate of drug-likeness (QED) is 0.357. The maximum Gasteiger partial charge on any atom is 0.119 e. The number of hydrogen-bond donors (Lipinski definition) is 0. The van der Waals surface area contributed by atoms with E-state index in [0.29, 0.717) is 13.0 Å². The molecule has 0 aromatic heterocycles. The Hall–Kier alpha value is 0.210. The minimum absolute atomic E-state index is 0.599. The third-order valence-corrected chi connectivity index (χ3v) is 1.24. The topological polar surface area (TPSA) is 20.3 Å². The molecule has 2 nitrogen and oxygen atoms in total. The van der Waals surface area contributed by atoms with E-state index < -0.39 is 0 Å². The van der Waals surface area contributed by atoms with Crippen molar-refractivity contribution >= 4 is 29.8 Å². The zero-order valence-electron chi connectivity index (χ0n) is 5.02. The summed E-state index contributed by atoms with van der Waals surface area (Å²) in [6.07, 6.45) is 3.22. The zero-order chi connectivity index (χ0) is 7.11. The zero-order valence-corrected chi connectivity index (χ0v) is 6.53. The summed E-state index contributed by atoms with van der Waals surface area (Å²) >= 11 is 10.5. The Labute approximate surface area is 65.0 Å². The van der Waals surface area contributed by atoms with Crippen molar-refractivity contribution in [2.45, 2.75) is 19.3 Å². The third-order valence-electron chi connectivity index (χ3n) is 0.899. The molecule has 0 aliphatic rings. The summed E-state index contributed by atoms with van der Waals surface area (Å²) in [6.45, 7) is 0.622. The lowest BCUT2D eigenvalue weighted by atomic mass is 10.2. The van der Waals surface area contributed by atoms with E-state index in [9.17, 15) is 4.79 Å². The first kappa shape index (κ1) is 9.21. The molecule has 0 spiro atoms. The van der Waals surface area contributed by atoms with Crippen molar-refractivity contribution in [3.63, 3.8) is 0 Å². The summed E-state index contributed by atoms with van der Waals surface area (Å²) in [5, 5.41) is 0. The largest absolute Gasteiger partial charge is 0.303 e. The van der Waals surface area contributed by atoms with Gasteiger partial charge in [0, 0.05) is 13.0 Å². The second-order valence-electron chi connectivity index (χ2n) is 1.69. The van der Waals surface area contributed by atoms with Crippen LogP contribution in [0.1, 0.15) is 19.3 Å². The van der Waals surface area contributed by atoms with E-state index in [4.69, 9.17) is 23.6 Å². The molecular formula is C5H9Cl2NO. The van der Waals surface area contributed by atoms with Gasteiger partial charge in [0.1, 0.15) is 6.29 Å². The number of unbranched alkanes of at least 4 members (excludes halogenated alkanes) is 2. The second-order valence-corrected chi connectivity index (χ2v) is 2.68. The molecule has 0 rings (SSSR count). The molecule has 9 heavy (non-hydrogen) atoms. The van der Waals surface area contributed by atoms with Crippen LogP contribution in [0.3, 0.4) is 0 Å². The standard InChI is InChI=1S/C5H9Cl2NO/c6-8(7)4-2-1-3-5-9/h5H,1-4H2. The highest BCUT2D eigenvalue weighted by molar-refractivity contribution is 6.33. The Bertz CT molecular complexity index is 77.4. The van der Waals surface area contributed by atoms with Crippen LogP contribution < -0.4 is 0 Å². The number of rotatable bonds is 5. The van der Waals surface area contributed by atoms with Gasteiger partial charge in [-0.15, -0.1) is 3.94 Å². The highest BCUT2D eigenvalue weighted by Crippen LogP contribution is 2.02. The summed E-state index contributed by atoms with van der Waals surface area (Å²) < 4.78 is 1.07. The average Bonchev–Trinajstić information content (AvgIpc) is 1.80. The molecule has 0 fully saturated rings. The molecule has 0 saturated carbocycles. The van der Waals surface area contributed by atoms with Crippen LogP contribution in [0.25, 0.3) is 0 Å².